The summed E-state index contributed by atoms with van der Waals surface area (Å²) in [7, 11) is 0. The SMILES string of the molecule is Cc1ccsc1CNc1nc(C(N)C(=O)O)cs1. The third-order valence-electron chi connectivity index (χ3n) is 2.47. The number of anilines is 1. The zero-order chi connectivity index (χ0) is 13.1. The van der Waals surface area contributed by atoms with Gasteiger partial charge in [-0.15, -0.1) is 22.7 Å². The molecule has 7 heteroatoms. The van der Waals surface area contributed by atoms with Crippen molar-refractivity contribution in [1.82, 2.24) is 4.98 Å². The van der Waals surface area contributed by atoms with Gasteiger partial charge in [0, 0.05) is 10.3 Å². The monoisotopic (exact) mass is 283 g/mol. The Labute approximate surface area is 112 Å². The van der Waals surface area contributed by atoms with Crippen molar-refractivity contribution in [2.24, 2.45) is 5.73 Å². The third-order valence-corrected chi connectivity index (χ3v) is 4.32. The maximum absolute atomic E-state index is 10.7. The van der Waals surface area contributed by atoms with Gasteiger partial charge >= 0.3 is 5.97 Å². The molecule has 18 heavy (non-hydrogen) atoms. The molecule has 0 aliphatic heterocycles. The molecule has 5 nitrogen and oxygen atoms in total. The highest BCUT2D eigenvalue weighted by Gasteiger charge is 2.17. The minimum atomic E-state index is -1.07. The Bertz CT molecular complexity index is 550. The number of hydrogen-bond acceptors (Lipinski definition) is 6. The van der Waals surface area contributed by atoms with E-state index >= 15 is 0 Å². The van der Waals surface area contributed by atoms with Gasteiger partial charge in [-0.3, -0.25) is 4.79 Å². The van der Waals surface area contributed by atoms with Crippen LogP contribution in [0.1, 0.15) is 22.2 Å². The second-order valence-electron chi connectivity index (χ2n) is 3.77. The lowest BCUT2D eigenvalue weighted by Crippen LogP contribution is -2.20. The van der Waals surface area contributed by atoms with Gasteiger partial charge in [0.15, 0.2) is 5.13 Å². The van der Waals surface area contributed by atoms with E-state index in [1.54, 1.807) is 16.7 Å². The fraction of sp³-hybridized carbons (Fsp3) is 0.273. The Balaban J connectivity index is 1.99. The van der Waals surface area contributed by atoms with E-state index in [1.165, 1.54) is 21.8 Å². The lowest BCUT2D eigenvalue weighted by Gasteiger charge is -2.02. The number of aromatic nitrogens is 1. The molecule has 0 bridgehead atoms. The van der Waals surface area contributed by atoms with Gasteiger partial charge < -0.3 is 16.2 Å². The number of thiophene rings is 1. The van der Waals surface area contributed by atoms with E-state index in [1.807, 2.05) is 5.38 Å². The minimum absolute atomic E-state index is 0.387. The molecule has 0 aliphatic rings. The molecule has 2 heterocycles. The summed E-state index contributed by atoms with van der Waals surface area (Å²) in [6.45, 7) is 2.75. The van der Waals surface area contributed by atoms with E-state index < -0.39 is 12.0 Å². The first-order chi connectivity index (χ1) is 8.58. The first-order valence-electron chi connectivity index (χ1n) is 5.28. The summed E-state index contributed by atoms with van der Waals surface area (Å²) in [4.78, 5) is 16.1. The van der Waals surface area contributed by atoms with Gasteiger partial charge in [-0.05, 0) is 23.9 Å². The van der Waals surface area contributed by atoms with Gasteiger partial charge in [0.05, 0.1) is 12.2 Å². The van der Waals surface area contributed by atoms with Crippen molar-refractivity contribution in [3.8, 4) is 0 Å². The van der Waals surface area contributed by atoms with Gasteiger partial charge in [0.2, 0.25) is 0 Å². The van der Waals surface area contributed by atoms with Crippen molar-refractivity contribution in [2.45, 2.75) is 19.5 Å². The second kappa shape index (κ2) is 5.47. The van der Waals surface area contributed by atoms with Gasteiger partial charge in [0.1, 0.15) is 6.04 Å². The largest absolute Gasteiger partial charge is 0.480 e. The maximum Gasteiger partial charge on any atom is 0.326 e. The normalized spacial score (nSPS) is 12.3. The molecule has 0 saturated carbocycles. The van der Waals surface area contributed by atoms with Crippen LogP contribution in [0.4, 0.5) is 5.13 Å². The average molecular weight is 283 g/mol. The van der Waals surface area contributed by atoms with Crippen LogP contribution in [0.3, 0.4) is 0 Å². The number of rotatable bonds is 5. The van der Waals surface area contributed by atoms with Crippen molar-refractivity contribution in [3.63, 3.8) is 0 Å². The average Bonchev–Trinajstić information content (AvgIpc) is 2.94. The molecule has 2 aromatic heterocycles. The van der Waals surface area contributed by atoms with Crippen LogP contribution >= 0.6 is 22.7 Å². The quantitative estimate of drug-likeness (QED) is 0.783. The topological polar surface area (TPSA) is 88.2 Å². The van der Waals surface area contributed by atoms with Gasteiger partial charge in [-0.25, -0.2) is 4.98 Å². The number of aliphatic carboxylic acids is 1. The Morgan fingerprint density at radius 2 is 2.39 bits per heavy atom. The number of nitrogens with zero attached hydrogens (tertiary/aromatic N) is 1. The van der Waals surface area contributed by atoms with Crippen LogP contribution in [0.25, 0.3) is 0 Å². The lowest BCUT2D eigenvalue weighted by atomic mass is 10.2. The van der Waals surface area contributed by atoms with Crippen molar-refractivity contribution < 1.29 is 9.90 Å². The Morgan fingerprint density at radius 3 is 3.00 bits per heavy atom. The summed E-state index contributed by atoms with van der Waals surface area (Å²) in [6, 6.07) is 1.01. The van der Waals surface area contributed by atoms with Crippen LogP contribution in [0.15, 0.2) is 16.8 Å². The molecule has 1 unspecified atom stereocenters. The third kappa shape index (κ3) is 2.87. The molecule has 0 spiro atoms. The molecule has 2 rings (SSSR count). The zero-order valence-corrected chi connectivity index (χ0v) is 11.3. The van der Waals surface area contributed by atoms with Gasteiger partial charge in [0.25, 0.3) is 0 Å². The van der Waals surface area contributed by atoms with Crippen molar-refractivity contribution >= 4 is 33.8 Å². The van der Waals surface area contributed by atoms with Crippen molar-refractivity contribution in [2.75, 3.05) is 5.32 Å². The molecule has 0 aromatic carbocycles. The molecule has 0 saturated heterocycles. The van der Waals surface area contributed by atoms with E-state index in [4.69, 9.17) is 10.8 Å². The molecule has 0 fully saturated rings. The fourth-order valence-electron chi connectivity index (χ4n) is 1.38. The van der Waals surface area contributed by atoms with Crippen molar-refractivity contribution in [1.29, 1.82) is 0 Å². The predicted octanol–water partition coefficient (Wildman–Crippen LogP) is 2.21. The molecule has 4 N–H and O–H groups in total. The number of carbonyl (C=O) groups is 1. The molecule has 2 aromatic rings. The standard InChI is InChI=1S/C11H13N3O2S2/c1-6-2-3-17-8(6)4-13-11-14-7(5-18-11)9(12)10(15)16/h2-3,5,9H,4,12H2,1H3,(H,13,14)(H,15,16). The maximum atomic E-state index is 10.7. The molecular weight excluding hydrogens is 270 g/mol. The van der Waals surface area contributed by atoms with Crippen LogP contribution in [-0.2, 0) is 11.3 Å². The number of thiazole rings is 1. The first kappa shape index (κ1) is 13.0. The molecule has 0 aliphatic carbocycles. The van der Waals surface area contributed by atoms with Crippen LogP contribution < -0.4 is 11.1 Å². The highest BCUT2D eigenvalue weighted by molar-refractivity contribution is 7.13. The Hall–Kier alpha value is -1.44. The van der Waals surface area contributed by atoms with Crippen molar-refractivity contribution in [3.05, 3.63) is 33.0 Å². The number of nitrogens with one attached hydrogen (secondary N) is 1. The molecular formula is C11H13N3O2S2. The van der Waals surface area contributed by atoms with Crippen LogP contribution in [0, 0.1) is 6.92 Å². The van der Waals surface area contributed by atoms with Crippen LogP contribution in [0.5, 0.6) is 0 Å². The van der Waals surface area contributed by atoms with Gasteiger partial charge in [-0.2, -0.15) is 0 Å². The smallest absolute Gasteiger partial charge is 0.326 e. The van der Waals surface area contributed by atoms with E-state index in [0.717, 1.165) is 0 Å². The number of carboxylic acids is 1. The first-order valence-corrected chi connectivity index (χ1v) is 7.04. The fourth-order valence-corrected chi connectivity index (χ4v) is 2.97. The summed E-state index contributed by atoms with van der Waals surface area (Å²) in [6.07, 6.45) is 0. The summed E-state index contributed by atoms with van der Waals surface area (Å²) in [5, 5.41) is 16.4. The molecule has 1 atom stereocenters. The summed E-state index contributed by atoms with van der Waals surface area (Å²) in [5.41, 5.74) is 7.11. The number of hydrogen-bond donors (Lipinski definition) is 3. The lowest BCUT2D eigenvalue weighted by molar-refractivity contribution is -0.138. The van der Waals surface area contributed by atoms with Crippen LogP contribution in [-0.4, -0.2) is 16.1 Å². The minimum Gasteiger partial charge on any atom is -0.480 e. The highest BCUT2D eigenvalue weighted by Crippen LogP contribution is 2.22. The number of carboxylic acid groups (broad SMARTS) is 1. The van der Waals surface area contributed by atoms with E-state index in [2.05, 4.69) is 23.3 Å². The molecule has 96 valence electrons. The predicted molar refractivity (Wildman–Crippen MR) is 73.1 cm³/mol. The van der Waals surface area contributed by atoms with E-state index in [-0.39, 0.29) is 0 Å². The van der Waals surface area contributed by atoms with Crippen LogP contribution in [0.2, 0.25) is 0 Å². The number of aryl methyl sites for hydroxylation is 1. The van der Waals surface area contributed by atoms with E-state index in [9.17, 15) is 4.79 Å². The summed E-state index contributed by atoms with van der Waals surface area (Å²) < 4.78 is 0. The highest BCUT2D eigenvalue weighted by atomic mass is 32.1. The second-order valence-corrected chi connectivity index (χ2v) is 5.63. The molecule has 0 radical (unpaired) electrons. The zero-order valence-electron chi connectivity index (χ0n) is 9.71. The Kier molecular flexibility index (Phi) is 3.95. The number of nitrogens with two attached hydrogens (primary N) is 1. The Morgan fingerprint density at radius 1 is 1.61 bits per heavy atom. The van der Waals surface area contributed by atoms with Gasteiger partial charge in [-0.1, -0.05) is 0 Å². The summed E-state index contributed by atoms with van der Waals surface area (Å²) in [5.74, 6) is -1.07. The summed E-state index contributed by atoms with van der Waals surface area (Å²) >= 11 is 3.04. The molecule has 0 amide bonds. The van der Waals surface area contributed by atoms with E-state index in [0.29, 0.717) is 17.4 Å².